The van der Waals surface area contributed by atoms with Crippen LogP contribution in [-0.4, -0.2) is 19.2 Å². The van der Waals surface area contributed by atoms with Gasteiger partial charge in [0.25, 0.3) is 0 Å². The van der Waals surface area contributed by atoms with Crippen LogP contribution in [0.2, 0.25) is 0 Å². The Morgan fingerprint density at radius 1 is 1.32 bits per heavy atom. The van der Waals surface area contributed by atoms with E-state index in [0.29, 0.717) is 18.0 Å². The zero-order valence-corrected chi connectivity index (χ0v) is 12.2. The van der Waals surface area contributed by atoms with Crippen molar-refractivity contribution in [3.8, 4) is 11.5 Å². The molecule has 4 nitrogen and oxygen atoms in total. The molecule has 0 aliphatic heterocycles. The summed E-state index contributed by atoms with van der Waals surface area (Å²) in [6.07, 6.45) is 1.73. The van der Waals surface area contributed by atoms with Gasteiger partial charge in [0.1, 0.15) is 0 Å². The molecule has 2 aromatic heterocycles. The molecule has 2 heterocycles. The molecule has 19 heavy (non-hydrogen) atoms. The summed E-state index contributed by atoms with van der Waals surface area (Å²) in [6, 6.07) is 6.27. The Bertz CT molecular complexity index is 514. The van der Waals surface area contributed by atoms with E-state index in [1.165, 1.54) is 4.88 Å². The van der Waals surface area contributed by atoms with E-state index in [2.05, 4.69) is 34.7 Å². The molecule has 102 valence electrons. The SMILES string of the molecule is COc1ccnc(CNC(C)c2cccs2)c1OC. The number of thiophene rings is 1. The molecule has 0 aliphatic carbocycles. The van der Waals surface area contributed by atoms with E-state index in [0.717, 1.165) is 5.69 Å². The lowest BCUT2D eigenvalue weighted by atomic mass is 10.2. The van der Waals surface area contributed by atoms with Crippen molar-refractivity contribution in [2.45, 2.75) is 19.5 Å². The fourth-order valence-electron chi connectivity index (χ4n) is 1.86. The Morgan fingerprint density at radius 3 is 2.79 bits per heavy atom. The van der Waals surface area contributed by atoms with Gasteiger partial charge in [0, 0.05) is 29.7 Å². The number of methoxy groups -OCH3 is 2. The highest BCUT2D eigenvalue weighted by atomic mass is 32.1. The molecule has 0 saturated heterocycles. The van der Waals surface area contributed by atoms with Gasteiger partial charge < -0.3 is 14.8 Å². The second-order valence-electron chi connectivity index (χ2n) is 4.11. The van der Waals surface area contributed by atoms with Crippen molar-refractivity contribution in [2.75, 3.05) is 14.2 Å². The molecule has 0 amide bonds. The Balaban J connectivity index is 2.07. The highest BCUT2D eigenvalue weighted by molar-refractivity contribution is 7.10. The van der Waals surface area contributed by atoms with Crippen LogP contribution in [0, 0.1) is 0 Å². The van der Waals surface area contributed by atoms with E-state index in [9.17, 15) is 0 Å². The first-order valence-electron chi connectivity index (χ1n) is 6.09. The maximum Gasteiger partial charge on any atom is 0.183 e. The Labute approximate surface area is 117 Å². The first-order valence-corrected chi connectivity index (χ1v) is 6.97. The lowest BCUT2D eigenvalue weighted by Gasteiger charge is -2.15. The van der Waals surface area contributed by atoms with Crippen LogP contribution in [0.25, 0.3) is 0 Å². The molecule has 0 fully saturated rings. The van der Waals surface area contributed by atoms with Crippen LogP contribution in [0.4, 0.5) is 0 Å². The summed E-state index contributed by atoms with van der Waals surface area (Å²) >= 11 is 1.74. The maximum atomic E-state index is 5.37. The monoisotopic (exact) mass is 278 g/mol. The lowest BCUT2D eigenvalue weighted by molar-refractivity contribution is 0.347. The van der Waals surface area contributed by atoms with Crippen molar-refractivity contribution in [1.29, 1.82) is 0 Å². The smallest absolute Gasteiger partial charge is 0.183 e. The van der Waals surface area contributed by atoms with Crippen molar-refractivity contribution in [3.63, 3.8) is 0 Å². The predicted molar refractivity (Wildman–Crippen MR) is 76.9 cm³/mol. The fraction of sp³-hybridized carbons (Fsp3) is 0.357. The van der Waals surface area contributed by atoms with Gasteiger partial charge in [-0.3, -0.25) is 4.98 Å². The van der Waals surface area contributed by atoms with Crippen LogP contribution in [0.3, 0.4) is 0 Å². The second-order valence-corrected chi connectivity index (χ2v) is 5.09. The quantitative estimate of drug-likeness (QED) is 0.882. The number of hydrogen-bond donors (Lipinski definition) is 1. The summed E-state index contributed by atoms with van der Waals surface area (Å²) in [7, 11) is 3.26. The van der Waals surface area contributed by atoms with Crippen LogP contribution in [0.15, 0.2) is 29.8 Å². The van der Waals surface area contributed by atoms with Crippen LogP contribution < -0.4 is 14.8 Å². The van der Waals surface area contributed by atoms with E-state index in [1.807, 2.05) is 0 Å². The van der Waals surface area contributed by atoms with Crippen molar-refractivity contribution >= 4 is 11.3 Å². The molecule has 1 unspecified atom stereocenters. The molecule has 1 N–H and O–H groups in total. The summed E-state index contributed by atoms with van der Waals surface area (Å²) < 4.78 is 10.6. The Morgan fingerprint density at radius 2 is 2.16 bits per heavy atom. The molecule has 0 radical (unpaired) electrons. The molecule has 0 aliphatic rings. The highest BCUT2D eigenvalue weighted by Gasteiger charge is 2.12. The van der Waals surface area contributed by atoms with Gasteiger partial charge in [-0.25, -0.2) is 0 Å². The van der Waals surface area contributed by atoms with Gasteiger partial charge in [-0.05, 0) is 18.4 Å². The summed E-state index contributed by atoms with van der Waals surface area (Å²) in [5.41, 5.74) is 0.852. The molecule has 5 heteroatoms. The van der Waals surface area contributed by atoms with E-state index in [4.69, 9.17) is 9.47 Å². The topological polar surface area (TPSA) is 43.4 Å². The van der Waals surface area contributed by atoms with Crippen LogP contribution in [0.1, 0.15) is 23.5 Å². The number of nitrogens with one attached hydrogen (secondary N) is 1. The largest absolute Gasteiger partial charge is 0.493 e. The Hall–Kier alpha value is -1.59. The fourth-order valence-corrected chi connectivity index (χ4v) is 2.62. The summed E-state index contributed by atoms with van der Waals surface area (Å²) in [6.45, 7) is 2.78. The lowest BCUT2D eigenvalue weighted by Crippen LogP contribution is -2.18. The van der Waals surface area contributed by atoms with Crippen molar-refractivity contribution in [1.82, 2.24) is 10.3 Å². The van der Waals surface area contributed by atoms with Crippen LogP contribution in [-0.2, 0) is 6.54 Å². The molecule has 1 atom stereocenters. The standard InChI is InChI=1S/C14H18N2O2S/c1-10(13-5-4-8-19-13)16-9-11-14(18-3)12(17-2)6-7-15-11/h4-8,10,16H,9H2,1-3H3. The molecule has 0 saturated carbocycles. The normalized spacial score (nSPS) is 12.2. The molecule has 0 bridgehead atoms. The van der Waals surface area contributed by atoms with Crippen molar-refractivity contribution in [3.05, 3.63) is 40.3 Å². The Kier molecular flexibility index (Phi) is 4.76. The molecule has 0 spiro atoms. The van der Waals surface area contributed by atoms with Gasteiger partial charge in [0.15, 0.2) is 11.5 Å². The summed E-state index contributed by atoms with van der Waals surface area (Å²) in [4.78, 5) is 5.65. The third-order valence-electron chi connectivity index (χ3n) is 2.91. The second kappa shape index (κ2) is 6.54. The van der Waals surface area contributed by atoms with Gasteiger partial charge in [0.2, 0.25) is 0 Å². The van der Waals surface area contributed by atoms with E-state index < -0.39 is 0 Å². The minimum Gasteiger partial charge on any atom is -0.493 e. The minimum absolute atomic E-state index is 0.290. The minimum atomic E-state index is 0.290. The molecule has 0 aromatic carbocycles. The zero-order valence-electron chi connectivity index (χ0n) is 11.3. The zero-order chi connectivity index (χ0) is 13.7. The van der Waals surface area contributed by atoms with Gasteiger partial charge in [-0.1, -0.05) is 6.07 Å². The summed E-state index contributed by atoms with van der Waals surface area (Å²) in [5.74, 6) is 1.40. The van der Waals surface area contributed by atoms with Crippen molar-refractivity contribution < 1.29 is 9.47 Å². The van der Waals surface area contributed by atoms with Crippen LogP contribution in [0.5, 0.6) is 11.5 Å². The van der Waals surface area contributed by atoms with E-state index >= 15 is 0 Å². The number of nitrogens with zero attached hydrogens (tertiary/aromatic N) is 1. The highest BCUT2D eigenvalue weighted by Crippen LogP contribution is 2.29. The van der Waals surface area contributed by atoms with Crippen molar-refractivity contribution in [2.24, 2.45) is 0 Å². The predicted octanol–water partition coefficient (Wildman–Crippen LogP) is 3.01. The molecular weight excluding hydrogens is 260 g/mol. The molecular formula is C14H18N2O2S. The first kappa shape index (κ1) is 13.8. The van der Waals surface area contributed by atoms with Crippen LogP contribution >= 0.6 is 11.3 Å². The first-order chi connectivity index (χ1) is 9.26. The summed E-state index contributed by atoms with van der Waals surface area (Å²) in [5, 5.41) is 5.52. The third kappa shape index (κ3) is 3.24. The number of hydrogen-bond acceptors (Lipinski definition) is 5. The van der Waals surface area contributed by atoms with E-state index in [1.54, 1.807) is 37.8 Å². The third-order valence-corrected chi connectivity index (χ3v) is 3.97. The van der Waals surface area contributed by atoms with Gasteiger partial charge in [-0.2, -0.15) is 0 Å². The average Bonchev–Trinajstić information content (AvgIpc) is 2.98. The number of ether oxygens (including phenoxy) is 2. The number of pyridine rings is 1. The number of rotatable bonds is 6. The average molecular weight is 278 g/mol. The number of aromatic nitrogens is 1. The maximum absolute atomic E-state index is 5.37. The van der Waals surface area contributed by atoms with Gasteiger partial charge in [-0.15, -0.1) is 11.3 Å². The van der Waals surface area contributed by atoms with Gasteiger partial charge in [0.05, 0.1) is 19.9 Å². The molecule has 2 aromatic rings. The van der Waals surface area contributed by atoms with Gasteiger partial charge >= 0.3 is 0 Å². The van der Waals surface area contributed by atoms with E-state index in [-0.39, 0.29) is 6.04 Å². The molecule has 2 rings (SSSR count).